The van der Waals surface area contributed by atoms with Crippen LogP contribution in [0.1, 0.15) is 25.0 Å². The fourth-order valence-corrected chi connectivity index (χ4v) is 1.65. The van der Waals surface area contributed by atoms with Gasteiger partial charge in [0.25, 0.3) is 0 Å². The average molecular weight is 192 g/mol. The molecule has 0 radical (unpaired) electrons. The smallest absolute Gasteiger partial charge is 0.0464 e. The van der Waals surface area contributed by atoms with Crippen molar-refractivity contribution in [3.63, 3.8) is 0 Å². The Morgan fingerprint density at radius 3 is 2.50 bits per heavy atom. The summed E-state index contributed by atoms with van der Waals surface area (Å²) in [5, 5.41) is 9.23. The highest BCUT2D eigenvalue weighted by Gasteiger charge is 2.12. The summed E-state index contributed by atoms with van der Waals surface area (Å²) >= 11 is 0. The van der Waals surface area contributed by atoms with E-state index in [-0.39, 0.29) is 6.61 Å². The van der Waals surface area contributed by atoms with Gasteiger partial charge in [0, 0.05) is 6.61 Å². The van der Waals surface area contributed by atoms with Crippen molar-refractivity contribution >= 4 is 0 Å². The summed E-state index contributed by atoms with van der Waals surface area (Å²) in [5.41, 5.74) is 2.63. The van der Waals surface area contributed by atoms with Crippen molar-refractivity contribution in [1.29, 1.82) is 0 Å². The monoisotopic (exact) mass is 192 g/mol. The molecule has 1 aromatic carbocycles. The predicted molar refractivity (Wildman–Crippen MR) is 60.3 cm³/mol. The van der Waals surface area contributed by atoms with Gasteiger partial charge in [0.1, 0.15) is 0 Å². The van der Waals surface area contributed by atoms with Crippen LogP contribution < -0.4 is 0 Å². The number of aryl methyl sites for hydroxylation is 1. The number of benzene rings is 1. The molecular formula is C13H20O. The van der Waals surface area contributed by atoms with E-state index in [2.05, 4.69) is 45.0 Å². The first-order valence-electron chi connectivity index (χ1n) is 5.30. The maximum atomic E-state index is 9.23. The van der Waals surface area contributed by atoms with Crippen LogP contribution in [0.2, 0.25) is 0 Å². The van der Waals surface area contributed by atoms with Crippen LogP contribution in [0.15, 0.2) is 24.3 Å². The van der Waals surface area contributed by atoms with Crippen molar-refractivity contribution in [1.82, 2.24) is 0 Å². The van der Waals surface area contributed by atoms with Crippen molar-refractivity contribution in [2.75, 3.05) is 6.61 Å². The van der Waals surface area contributed by atoms with Crippen LogP contribution in [0, 0.1) is 18.8 Å². The van der Waals surface area contributed by atoms with E-state index in [0.717, 1.165) is 6.42 Å². The average Bonchev–Trinajstić information content (AvgIpc) is 2.14. The highest BCUT2D eigenvalue weighted by molar-refractivity contribution is 5.22. The van der Waals surface area contributed by atoms with E-state index in [0.29, 0.717) is 11.8 Å². The second-order valence-corrected chi connectivity index (χ2v) is 4.38. The number of hydrogen-bond donors (Lipinski definition) is 1. The predicted octanol–water partition coefficient (Wildman–Crippen LogP) is 2.80. The Morgan fingerprint density at radius 2 is 2.00 bits per heavy atom. The van der Waals surface area contributed by atoms with Gasteiger partial charge >= 0.3 is 0 Å². The molecule has 1 nitrogen and oxygen atoms in total. The van der Waals surface area contributed by atoms with E-state index in [1.807, 2.05) is 0 Å². The fraction of sp³-hybridized carbons (Fsp3) is 0.538. The lowest BCUT2D eigenvalue weighted by molar-refractivity contribution is 0.189. The lowest BCUT2D eigenvalue weighted by Crippen LogP contribution is -2.16. The van der Waals surface area contributed by atoms with Gasteiger partial charge < -0.3 is 5.11 Å². The maximum Gasteiger partial charge on any atom is 0.0464 e. The molecule has 1 heteroatoms. The third-order valence-electron chi connectivity index (χ3n) is 2.76. The Morgan fingerprint density at radius 1 is 1.29 bits per heavy atom. The molecule has 1 aromatic rings. The molecule has 0 amide bonds. The van der Waals surface area contributed by atoms with Gasteiger partial charge in [-0.3, -0.25) is 0 Å². The summed E-state index contributed by atoms with van der Waals surface area (Å²) in [7, 11) is 0. The van der Waals surface area contributed by atoms with Gasteiger partial charge in [-0.25, -0.2) is 0 Å². The van der Waals surface area contributed by atoms with E-state index >= 15 is 0 Å². The van der Waals surface area contributed by atoms with Gasteiger partial charge in [-0.15, -0.1) is 0 Å². The van der Waals surface area contributed by atoms with Crippen LogP contribution in [0.25, 0.3) is 0 Å². The minimum absolute atomic E-state index is 0.283. The third kappa shape index (κ3) is 3.15. The number of hydrogen-bond acceptors (Lipinski definition) is 1. The molecule has 0 aliphatic carbocycles. The summed E-state index contributed by atoms with van der Waals surface area (Å²) in [5.74, 6) is 0.928. The SMILES string of the molecule is Cc1cccc(CC(CO)C(C)C)c1. The highest BCUT2D eigenvalue weighted by Crippen LogP contribution is 2.17. The Labute approximate surface area is 86.8 Å². The molecule has 0 aromatic heterocycles. The summed E-state index contributed by atoms with van der Waals surface area (Å²) in [4.78, 5) is 0. The van der Waals surface area contributed by atoms with E-state index in [4.69, 9.17) is 0 Å². The van der Waals surface area contributed by atoms with Crippen LogP contribution in [-0.2, 0) is 6.42 Å². The zero-order valence-electron chi connectivity index (χ0n) is 9.33. The topological polar surface area (TPSA) is 20.2 Å². The molecule has 0 spiro atoms. The van der Waals surface area contributed by atoms with Crippen molar-refractivity contribution in [3.8, 4) is 0 Å². The quantitative estimate of drug-likeness (QED) is 0.777. The molecule has 0 saturated heterocycles. The molecule has 0 heterocycles. The molecule has 0 bridgehead atoms. The number of aliphatic hydroxyl groups is 1. The Kier molecular flexibility index (Phi) is 4.15. The van der Waals surface area contributed by atoms with E-state index < -0.39 is 0 Å². The molecule has 78 valence electrons. The van der Waals surface area contributed by atoms with Gasteiger partial charge in [0.05, 0.1) is 0 Å². The fourth-order valence-electron chi connectivity index (χ4n) is 1.65. The maximum absolute atomic E-state index is 9.23. The van der Waals surface area contributed by atoms with Gasteiger partial charge in [0.15, 0.2) is 0 Å². The minimum atomic E-state index is 0.283. The molecule has 0 saturated carbocycles. The molecule has 1 rings (SSSR count). The summed E-state index contributed by atoms with van der Waals surface area (Å²) < 4.78 is 0. The summed E-state index contributed by atoms with van der Waals surface area (Å²) in [6.07, 6.45) is 0.982. The molecular weight excluding hydrogens is 172 g/mol. The van der Waals surface area contributed by atoms with E-state index in [1.54, 1.807) is 0 Å². The van der Waals surface area contributed by atoms with Crippen LogP contribution in [0.5, 0.6) is 0 Å². The molecule has 0 fully saturated rings. The molecule has 0 aliphatic rings. The molecule has 0 aliphatic heterocycles. The number of rotatable bonds is 4. The number of aliphatic hydroxyl groups excluding tert-OH is 1. The van der Waals surface area contributed by atoms with Gasteiger partial charge in [-0.05, 0) is 30.7 Å². The molecule has 14 heavy (non-hydrogen) atoms. The molecule has 1 atom stereocenters. The van der Waals surface area contributed by atoms with Crippen LogP contribution >= 0.6 is 0 Å². The van der Waals surface area contributed by atoms with Crippen LogP contribution in [-0.4, -0.2) is 11.7 Å². The third-order valence-corrected chi connectivity index (χ3v) is 2.76. The zero-order valence-corrected chi connectivity index (χ0v) is 9.33. The first-order valence-corrected chi connectivity index (χ1v) is 5.30. The summed E-state index contributed by atoms with van der Waals surface area (Å²) in [6.45, 7) is 6.71. The lowest BCUT2D eigenvalue weighted by atomic mass is 9.89. The lowest BCUT2D eigenvalue weighted by Gasteiger charge is -2.18. The van der Waals surface area contributed by atoms with Crippen molar-refractivity contribution in [3.05, 3.63) is 35.4 Å². The standard InChI is InChI=1S/C13H20O/c1-10(2)13(9-14)8-12-6-4-5-11(3)7-12/h4-7,10,13-14H,8-9H2,1-3H3. The first kappa shape index (κ1) is 11.3. The second-order valence-electron chi connectivity index (χ2n) is 4.38. The molecule has 1 N–H and O–H groups in total. The van der Waals surface area contributed by atoms with Crippen molar-refractivity contribution in [2.24, 2.45) is 11.8 Å². The molecule has 1 unspecified atom stereocenters. The minimum Gasteiger partial charge on any atom is -0.396 e. The van der Waals surface area contributed by atoms with E-state index in [9.17, 15) is 5.11 Å². The van der Waals surface area contributed by atoms with Crippen LogP contribution in [0.4, 0.5) is 0 Å². The van der Waals surface area contributed by atoms with Gasteiger partial charge in [0.2, 0.25) is 0 Å². The Hall–Kier alpha value is -0.820. The highest BCUT2D eigenvalue weighted by atomic mass is 16.3. The Bertz CT molecular complexity index is 278. The summed E-state index contributed by atoms with van der Waals surface area (Å²) in [6, 6.07) is 8.52. The van der Waals surface area contributed by atoms with Gasteiger partial charge in [-0.2, -0.15) is 0 Å². The van der Waals surface area contributed by atoms with E-state index in [1.165, 1.54) is 11.1 Å². The first-order chi connectivity index (χ1) is 6.63. The Balaban J connectivity index is 2.67. The normalized spacial score (nSPS) is 13.2. The van der Waals surface area contributed by atoms with Crippen molar-refractivity contribution in [2.45, 2.75) is 27.2 Å². The second kappa shape index (κ2) is 5.16. The van der Waals surface area contributed by atoms with Crippen molar-refractivity contribution < 1.29 is 5.11 Å². The zero-order chi connectivity index (χ0) is 10.6. The van der Waals surface area contributed by atoms with Crippen LogP contribution in [0.3, 0.4) is 0 Å². The largest absolute Gasteiger partial charge is 0.396 e. The van der Waals surface area contributed by atoms with Gasteiger partial charge in [-0.1, -0.05) is 43.7 Å².